The molecule has 4 nitrogen and oxygen atoms in total. The second-order valence-corrected chi connectivity index (χ2v) is 7.92. The summed E-state index contributed by atoms with van der Waals surface area (Å²) in [6, 6.07) is 5.26. The van der Waals surface area contributed by atoms with Crippen LogP contribution in [0.5, 0.6) is 0 Å². The number of hydrogen-bond donors (Lipinski definition) is 2. The highest BCUT2D eigenvalue weighted by atomic mass is 32.2. The zero-order chi connectivity index (χ0) is 17.3. The van der Waals surface area contributed by atoms with Crippen LogP contribution in [0.1, 0.15) is 25.8 Å². The second kappa shape index (κ2) is 6.92. The maximum atomic E-state index is 13.5. The summed E-state index contributed by atoms with van der Waals surface area (Å²) in [5, 5.41) is 6.87. The van der Waals surface area contributed by atoms with Crippen LogP contribution in [0.4, 0.5) is 4.39 Å². The monoisotopic (exact) mass is 351 g/mol. The Morgan fingerprint density at radius 2 is 2.25 bits per heavy atom. The van der Waals surface area contributed by atoms with Gasteiger partial charge in [-0.1, -0.05) is 13.8 Å². The molecule has 3 unspecified atom stereocenters. The molecule has 1 aliphatic heterocycles. The van der Waals surface area contributed by atoms with Gasteiger partial charge in [0.2, 0.25) is 0 Å². The van der Waals surface area contributed by atoms with E-state index in [1.807, 2.05) is 12.3 Å². The van der Waals surface area contributed by atoms with E-state index in [-0.39, 0.29) is 11.2 Å². The fourth-order valence-electron chi connectivity index (χ4n) is 4.02. The first-order valence-corrected chi connectivity index (χ1v) is 9.61. The summed E-state index contributed by atoms with van der Waals surface area (Å²) < 4.78 is 19.4. The van der Waals surface area contributed by atoms with E-state index in [1.165, 1.54) is 6.07 Å². The van der Waals surface area contributed by atoms with Crippen molar-refractivity contribution in [2.45, 2.75) is 43.9 Å². The molecule has 1 saturated heterocycles. The molecular formula is C18H26FN3OS. The van der Waals surface area contributed by atoms with Crippen LogP contribution in [0.25, 0.3) is 0 Å². The molecule has 0 aromatic heterocycles. The van der Waals surface area contributed by atoms with Gasteiger partial charge in [0.05, 0.1) is 6.10 Å². The van der Waals surface area contributed by atoms with E-state index in [0.717, 1.165) is 29.4 Å². The molecule has 0 amide bonds. The van der Waals surface area contributed by atoms with Gasteiger partial charge in [-0.25, -0.2) is 4.39 Å². The lowest BCUT2D eigenvalue weighted by atomic mass is 9.57. The quantitative estimate of drug-likeness (QED) is 0.497. The molecule has 1 aliphatic carbocycles. The minimum atomic E-state index is -0.210. The topological polar surface area (TPSA) is 45.7 Å². The Morgan fingerprint density at radius 3 is 2.96 bits per heavy atom. The molecule has 2 N–H and O–H groups in total. The third kappa shape index (κ3) is 3.14. The minimum absolute atomic E-state index is 0.0993. The number of guanidine groups is 1. The Balaban J connectivity index is 1.63. The molecule has 0 radical (unpaired) electrons. The van der Waals surface area contributed by atoms with Gasteiger partial charge in [-0.2, -0.15) is 0 Å². The van der Waals surface area contributed by atoms with Crippen molar-refractivity contribution in [2.24, 2.45) is 16.3 Å². The van der Waals surface area contributed by atoms with Gasteiger partial charge in [0.15, 0.2) is 5.96 Å². The van der Waals surface area contributed by atoms with E-state index in [0.29, 0.717) is 24.6 Å². The highest BCUT2D eigenvalue weighted by Crippen LogP contribution is 2.52. The normalized spacial score (nSPS) is 28.2. The van der Waals surface area contributed by atoms with E-state index in [4.69, 9.17) is 4.74 Å². The minimum Gasteiger partial charge on any atom is -0.377 e. The van der Waals surface area contributed by atoms with Crippen molar-refractivity contribution in [2.75, 3.05) is 19.9 Å². The smallest absolute Gasteiger partial charge is 0.191 e. The largest absolute Gasteiger partial charge is 0.377 e. The zero-order valence-corrected chi connectivity index (χ0v) is 15.5. The summed E-state index contributed by atoms with van der Waals surface area (Å²) in [6.45, 7) is 5.88. The highest BCUT2D eigenvalue weighted by molar-refractivity contribution is 7.98. The van der Waals surface area contributed by atoms with Gasteiger partial charge < -0.3 is 15.4 Å². The van der Waals surface area contributed by atoms with Crippen molar-refractivity contribution < 1.29 is 9.13 Å². The number of nitrogens with one attached hydrogen (secondary N) is 2. The van der Waals surface area contributed by atoms with Crippen molar-refractivity contribution in [3.8, 4) is 0 Å². The van der Waals surface area contributed by atoms with Crippen molar-refractivity contribution in [1.82, 2.24) is 10.6 Å². The Kier molecular flexibility index (Phi) is 5.06. The molecular weight excluding hydrogens is 325 g/mol. The molecule has 2 fully saturated rings. The first kappa shape index (κ1) is 17.5. The molecule has 1 aromatic carbocycles. The molecule has 1 aromatic rings. The first-order valence-electron chi connectivity index (χ1n) is 8.38. The lowest BCUT2D eigenvalue weighted by Crippen LogP contribution is -2.67. The Hall–Kier alpha value is -1.27. The van der Waals surface area contributed by atoms with Gasteiger partial charge in [-0.15, -0.1) is 11.8 Å². The predicted octanol–water partition coefficient (Wildman–Crippen LogP) is 3.03. The van der Waals surface area contributed by atoms with E-state index >= 15 is 0 Å². The fraction of sp³-hybridized carbons (Fsp3) is 0.611. The molecule has 2 aliphatic rings. The Bertz CT molecular complexity index is 635. The SMILES string of the molecule is CN=C(NCc1cc(F)ccc1SC)NC1C2CCOC2C1(C)C. The van der Waals surface area contributed by atoms with Gasteiger partial charge >= 0.3 is 0 Å². The van der Waals surface area contributed by atoms with Crippen LogP contribution < -0.4 is 10.6 Å². The molecule has 132 valence electrons. The van der Waals surface area contributed by atoms with Crippen molar-refractivity contribution in [3.05, 3.63) is 29.6 Å². The lowest BCUT2D eigenvalue weighted by Gasteiger charge is -2.54. The number of aliphatic imine (C=N–C) groups is 1. The molecule has 0 bridgehead atoms. The number of halogens is 1. The molecule has 1 heterocycles. The summed E-state index contributed by atoms with van der Waals surface area (Å²) in [5.74, 6) is 1.10. The Morgan fingerprint density at radius 1 is 1.46 bits per heavy atom. The second-order valence-electron chi connectivity index (χ2n) is 7.07. The summed E-state index contributed by atoms with van der Waals surface area (Å²) in [5.41, 5.74) is 1.04. The van der Waals surface area contributed by atoms with Crippen LogP contribution in [0.15, 0.2) is 28.1 Å². The molecule has 0 spiro atoms. The molecule has 3 rings (SSSR count). The molecule has 6 heteroatoms. The number of hydrogen-bond acceptors (Lipinski definition) is 3. The Labute approximate surface area is 147 Å². The van der Waals surface area contributed by atoms with Gasteiger partial charge in [-0.3, -0.25) is 4.99 Å². The first-order chi connectivity index (χ1) is 11.5. The van der Waals surface area contributed by atoms with Gasteiger partial charge in [0, 0.05) is 42.5 Å². The average Bonchev–Trinajstić information content (AvgIpc) is 3.02. The number of rotatable bonds is 4. The van der Waals surface area contributed by atoms with Crippen LogP contribution in [0, 0.1) is 17.2 Å². The van der Waals surface area contributed by atoms with E-state index in [9.17, 15) is 4.39 Å². The summed E-state index contributed by atoms with van der Waals surface area (Å²) in [7, 11) is 1.77. The zero-order valence-electron chi connectivity index (χ0n) is 14.7. The maximum absolute atomic E-state index is 13.5. The number of nitrogens with zero attached hydrogens (tertiary/aromatic N) is 1. The van der Waals surface area contributed by atoms with Gasteiger partial charge in [0.1, 0.15) is 5.82 Å². The summed E-state index contributed by atoms with van der Waals surface area (Å²) in [4.78, 5) is 5.41. The number of fused-ring (bicyclic) bond motifs is 1. The van der Waals surface area contributed by atoms with Crippen molar-refractivity contribution in [1.29, 1.82) is 0 Å². The predicted molar refractivity (Wildman–Crippen MR) is 96.9 cm³/mol. The van der Waals surface area contributed by atoms with Crippen LogP contribution >= 0.6 is 11.8 Å². The number of benzene rings is 1. The summed E-state index contributed by atoms with van der Waals surface area (Å²) >= 11 is 1.62. The van der Waals surface area contributed by atoms with Crippen LogP contribution in [-0.2, 0) is 11.3 Å². The highest BCUT2D eigenvalue weighted by Gasteiger charge is 2.59. The van der Waals surface area contributed by atoms with E-state index < -0.39 is 0 Å². The van der Waals surface area contributed by atoms with Gasteiger partial charge in [-0.05, 0) is 36.4 Å². The fourth-order valence-corrected chi connectivity index (χ4v) is 4.62. The van der Waals surface area contributed by atoms with Crippen LogP contribution in [-0.4, -0.2) is 38.0 Å². The van der Waals surface area contributed by atoms with Crippen molar-refractivity contribution >= 4 is 17.7 Å². The van der Waals surface area contributed by atoms with Crippen molar-refractivity contribution in [3.63, 3.8) is 0 Å². The molecule has 3 atom stereocenters. The average molecular weight is 351 g/mol. The molecule has 1 saturated carbocycles. The number of ether oxygens (including phenoxy) is 1. The standard InChI is InChI=1S/C18H26FN3OS/c1-18(2)15(13-7-8-23-16(13)18)22-17(20-3)21-10-11-9-12(19)5-6-14(11)24-4/h5-6,9,13,15-16H,7-8,10H2,1-4H3,(H2,20,21,22). The lowest BCUT2D eigenvalue weighted by molar-refractivity contribution is -0.106. The third-order valence-corrected chi connectivity index (χ3v) is 6.14. The van der Waals surface area contributed by atoms with Crippen LogP contribution in [0.2, 0.25) is 0 Å². The van der Waals surface area contributed by atoms with Gasteiger partial charge in [0.25, 0.3) is 0 Å². The summed E-state index contributed by atoms with van der Waals surface area (Å²) in [6.07, 6.45) is 3.45. The van der Waals surface area contributed by atoms with Crippen LogP contribution in [0.3, 0.4) is 0 Å². The van der Waals surface area contributed by atoms with E-state index in [1.54, 1.807) is 24.9 Å². The molecule has 24 heavy (non-hydrogen) atoms. The van der Waals surface area contributed by atoms with E-state index in [2.05, 4.69) is 29.5 Å². The third-order valence-electron chi connectivity index (χ3n) is 5.31. The number of thioether (sulfide) groups is 1. The maximum Gasteiger partial charge on any atom is 0.191 e.